The van der Waals surface area contributed by atoms with Crippen LogP contribution in [-0.2, 0) is 19.6 Å². The number of carboxylic acid groups (broad SMARTS) is 1. The molecular formula is C15H21NO5S. The highest BCUT2D eigenvalue weighted by Crippen LogP contribution is 2.24. The number of carboxylic acids is 1. The maximum atomic E-state index is 12.5. The summed E-state index contributed by atoms with van der Waals surface area (Å²) in [6, 6.07) is 9.15. The highest BCUT2D eigenvalue weighted by atomic mass is 32.2. The van der Waals surface area contributed by atoms with Crippen molar-refractivity contribution in [3.63, 3.8) is 0 Å². The van der Waals surface area contributed by atoms with Crippen molar-refractivity contribution in [1.82, 2.24) is 4.31 Å². The molecule has 2 unspecified atom stereocenters. The Bertz CT molecular complexity index is 602. The number of carbonyl (C=O) groups is 1. The zero-order chi connectivity index (χ0) is 16.2. The van der Waals surface area contributed by atoms with E-state index in [-0.39, 0.29) is 12.3 Å². The normalized spacial score (nSPS) is 21.4. The van der Waals surface area contributed by atoms with Gasteiger partial charge in [-0.2, -0.15) is 0 Å². The minimum atomic E-state index is -3.56. The van der Waals surface area contributed by atoms with Crippen molar-refractivity contribution in [3.8, 4) is 0 Å². The minimum absolute atomic E-state index is 0.0445. The molecule has 2 rings (SSSR count). The number of sulfonamides is 1. The number of benzene rings is 1. The van der Waals surface area contributed by atoms with Gasteiger partial charge in [-0.1, -0.05) is 30.3 Å². The van der Waals surface area contributed by atoms with Gasteiger partial charge < -0.3 is 9.84 Å². The number of aliphatic carboxylic acids is 1. The van der Waals surface area contributed by atoms with Crippen molar-refractivity contribution in [2.45, 2.75) is 18.9 Å². The van der Waals surface area contributed by atoms with Crippen LogP contribution in [0.25, 0.3) is 0 Å². The summed E-state index contributed by atoms with van der Waals surface area (Å²) in [5.74, 6) is -1.74. The van der Waals surface area contributed by atoms with Crippen LogP contribution in [0.1, 0.15) is 24.5 Å². The average molecular weight is 327 g/mol. The Labute approximate surface area is 130 Å². The lowest BCUT2D eigenvalue weighted by atomic mass is 10.0. The number of hydrogen-bond acceptors (Lipinski definition) is 4. The van der Waals surface area contributed by atoms with E-state index in [1.54, 1.807) is 0 Å². The molecular weight excluding hydrogens is 306 g/mol. The molecule has 0 amide bonds. The van der Waals surface area contributed by atoms with E-state index in [0.717, 1.165) is 5.56 Å². The Morgan fingerprint density at radius 1 is 1.41 bits per heavy atom. The molecule has 1 N–H and O–H groups in total. The van der Waals surface area contributed by atoms with Crippen LogP contribution in [0.4, 0.5) is 0 Å². The second-order valence-corrected chi connectivity index (χ2v) is 7.46. The second-order valence-electron chi connectivity index (χ2n) is 5.45. The molecule has 1 aromatic carbocycles. The summed E-state index contributed by atoms with van der Waals surface area (Å²) in [5.41, 5.74) is 0.792. The molecule has 0 spiro atoms. The monoisotopic (exact) mass is 327 g/mol. The lowest BCUT2D eigenvalue weighted by molar-refractivity contribution is -0.142. The summed E-state index contributed by atoms with van der Waals surface area (Å²) in [6.07, 6.45) is 0.531. The van der Waals surface area contributed by atoms with Crippen molar-refractivity contribution in [3.05, 3.63) is 35.9 Å². The highest BCUT2D eigenvalue weighted by Gasteiger charge is 2.33. The standard InChI is InChI=1S/C15H21NO5S/c1-21-14(12-6-3-2-4-7-12)11-22(19,20)16-9-5-8-13(10-16)15(17)18/h2-4,6-7,13-14H,5,8-11H2,1H3,(H,17,18). The van der Waals surface area contributed by atoms with Gasteiger partial charge in [0, 0.05) is 20.2 Å². The Morgan fingerprint density at radius 3 is 2.68 bits per heavy atom. The van der Waals surface area contributed by atoms with Gasteiger partial charge in [-0.05, 0) is 18.4 Å². The van der Waals surface area contributed by atoms with E-state index >= 15 is 0 Å². The molecule has 0 aliphatic carbocycles. The Balaban J connectivity index is 2.11. The van der Waals surface area contributed by atoms with Crippen LogP contribution in [0, 0.1) is 5.92 Å². The summed E-state index contributed by atoms with van der Waals surface area (Å²) in [6.45, 7) is 0.417. The maximum absolute atomic E-state index is 12.5. The van der Waals surface area contributed by atoms with Gasteiger partial charge >= 0.3 is 5.97 Å². The molecule has 7 heteroatoms. The fraction of sp³-hybridized carbons (Fsp3) is 0.533. The predicted molar refractivity (Wildman–Crippen MR) is 81.9 cm³/mol. The largest absolute Gasteiger partial charge is 0.481 e. The first kappa shape index (κ1) is 16.9. The summed E-state index contributed by atoms with van der Waals surface area (Å²) in [4.78, 5) is 11.1. The van der Waals surface area contributed by atoms with Crippen LogP contribution < -0.4 is 0 Å². The van der Waals surface area contributed by atoms with Crippen LogP contribution in [-0.4, -0.2) is 49.8 Å². The van der Waals surface area contributed by atoms with Gasteiger partial charge in [-0.15, -0.1) is 0 Å². The van der Waals surface area contributed by atoms with Crippen LogP contribution in [0.5, 0.6) is 0 Å². The van der Waals surface area contributed by atoms with Gasteiger partial charge in [0.25, 0.3) is 0 Å². The van der Waals surface area contributed by atoms with Gasteiger partial charge in [-0.3, -0.25) is 4.79 Å². The van der Waals surface area contributed by atoms with Gasteiger partial charge in [0.2, 0.25) is 10.0 Å². The van der Waals surface area contributed by atoms with Gasteiger partial charge in [0.15, 0.2) is 0 Å². The number of hydrogen-bond donors (Lipinski definition) is 1. The van der Waals surface area contributed by atoms with Gasteiger partial charge in [-0.25, -0.2) is 12.7 Å². The predicted octanol–water partition coefficient (Wildman–Crippen LogP) is 1.50. The Morgan fingerprint density at radius 2 is 2.09 bits per heavy atom. The Kier molecular flexibility index (Phi) is 5.55. The third-order valence-electron chi connectivity index (χ3n) is 3.94. The molecule has 1 heterocycles. The van der Waals surface area contributed by atoms with E-state index in [4.69, 9.17) is 9.84 Å². The molecule has 0 saturated carbocycles. The van der Waals surface area contributed by atoms with Crippen LogP contribution in [0.3, 0.4) is 0 Å². The topological polar surface area (TPSA) is 83.9 Å². The van der Waals surface area contributed by atoms with Crippen LogP contribution in [0.15, 0.2) is 30.3 Å². The average Bonchev–Trinajstić information content (AvgIpc) is 2.53. The van der Waals surface area contributed by atoms with E-state index in [1.165, 1.54) is 11.4 Å². The molecule has 122 valence electrons. The van der Waals surface area contributed by atoms with E-state index in [1.807, 2.05) is 30.3 Å². The summed E-state index contributed by atoms with van der Waals surface area (Å²) < 4.78 is 31.7. The molecule has 6 nitrogen and oxygen atoms in total. The first-order valence-electron chi connectivity index (χ1n) is 7.22. The molecule has 0 bridgehead atoms. The van der Waals surface area contributed by atoms with Crippen molar-refractivity contribution < 1.29 is 23.1 Å². The van der Waals surface area contributed by atoms with Crippen LogP contribution >= 0.6 is 0 Å². The lowest BCUT2D eigenvalue weighted by Crippen LogP contribution is -2.44. The van der Waals surface area contributed by atoms with Gasteiger partial charge in [0.05, 0.1) is 17.8 Å². The third kappa shape index (κ3) is 4.06. The molecule has 1 aliphatic rings. The van der Waals surface area contributed by atoms with Crippen LogP contribution in [0.2, 0.25) is 0 Å². The van der Waals surface area contributed by atoms with Crippen molar-refractivity contribution in [1.29, 1.82) is 0 Å². The number of nitrogens with zero attached hydrogens (tertiary/aromatic N) is 1. The maximum Gasteiger partial charge on any atom is 0.307 e. The van der Waals surface area contributed by atoms with Gasteiger partial charge in [0.1, 0.15) is 0 Å². The first-order valence-corrected chi connectivity index (χ1v) is 8.83. The fourth-order valence-corrected chi connectivity index (χ4v) is 4.40. The van der Waals surface area contributed by atoms with Crippen molar-refractivity contribution in [2.24, 2.45) is 5.92 Å². The van der Waals surface area contributed by atoms with E-state index < -0.39 is 28.0 Å². The van der Waals surface area contributed by atoms with Crippen molar-refractivity contribution in [2.75, 3.05) is 26.0 Å². The summed E-state index contributed by atoms with van der Waals surface area (Å²) in [5, 5.41) is 9.08. The van der Waals surface area contributed by atoms with E-state index in [0.29, 0.717) is 19.4 Å². The molecule has 1 aromatic rings. The summed E-state index contributed by atoms with van der Waals surface area (Å²) in [7, 11) is -2.09. The quantitative estimate of drug-likeness (QED) is 0.856. The first-order chi connectivity index (χ1) is 10.4. The molecule has 2 atom stereocenters. The number of methoxy groups -OCH3 is 1. The van der Waals surface area contributed by atoms with E-state index in [9.17, 15) is 13.2 Å². The Hall–Kier alpha value is -1.44. The number of rotatable bonds is 6. The SMILES string of the molecule is COC(CS(=O)(=O)N1CCCC(C(=O)O)C1)c1ccccc1. The zero-order valence-corrected chi connectivity index (χ0v) is 13.3. The lowest BCUT2D eigenvalue weighted by Gasteiger charge is -2.31. The third-order valence-corrected chi connectivity index (χ3v) is 5.79. The second kappa shape index (κ2) is 7.21. The smallest absolute Gasteiger partial charge is 0.307 e. The fourth-order valence-electron chi connectivity index (χ4n) is 2.66. The molecule has 0 aromatic heterocycles. The molecule has 0 radical (unpaired) electrons. The highest BCUT2D eigenvalue weighted by molar-refractivity contribution is 7.89. The molecule has 22 heavy (non-hydrogen) atoms. The van der Waals surface area contributed by atoms with E-state index in [2.05, 4.69) is 0 Å². The molecule has 1 saturated heterocycles. The molecule has 1 fully saturated rings. The summed E-state index contributed by atoms with van der Waals surface area (Å²) >= 11 is 0. The number of piperidine rings is 1. The van der Waals surface area contributed by atoms with Crippen molar-refractivity contribution >= 4 is 16.0 Å². The minimum Gasteiger partial charge on any atom is -0.481 e. The zero-order valence-electron chi connectivity index (χ0n) is 12.5. The number of ether oxygens (including phenoxy) is 1. The molecule has 1 aliphatic heterocycles.